The summed E-state index contributed by atoms with van der Waals surface area (Å²) >= 11 is 4.17. The molecule has 0 amide bonds. The predicted octanol–water partition coefficient (Wildman–Crippen LogP) is 0.720. The van der Waals surface area contributed by atoms with Crippen molar-refractivity contribution in [1.82, 2.24) is 5.32 Å². The molecule has 0 spiro atoms. The van der Waals surface area contributed by atoms with E-state index in [0.29, 0.717) is 0 Å². The van der Waals surface area contributed by atoms with Gasteiger partial charge in [-0.1, -0.05) is 0 Å². The summed E-state index contributed by atoms with van der Waals surface area (Å²) in [6, 6.07) is 0. The third-order valence-corrected chi connectivity index (χ3v) is 1.61. The second kappa shape index (κ2) is 3.49. The van der Waals surface area contributed by atoms with Crippen molar-refractivity contribution < 1.29 is 14.7 Å². The number of hydrogen-bond acceptors (Lipinski definition) is 5. The highest BCUT2D eigenvalue weighted by atomic mass is 32.1. The van der Waals surface area contributed by atoms with Gasteiger partial charge in [-0.2, -0.15) is 12.6 Å². The zero-order valence-corrected chi connectivity index (χ0v) is 8.76. The topological polar surface area (TPSA) is 66.4 Å². The maximum absolute atomic E-state index is 11.0. The van der Waals surface area contributed by atoms with E-state index in [9.17, 15) is 14.7 Å². The van der Waals surface area contributed by atoms with Gasteiger partial charge in [0.05, 0.1) is 10.6 Å². The van der Waals surface area contributed by atoms with Crippen LogP contribution in [0.4, 0.5) is 0 Å². The van der Waals surface area contributed by atoms with Crippen LogP contribution in [-0.4, -0.2) is 21.5 Å². The van der Waals surface area contributed by atoms with Crippen molar-refractivity contribution in [2.24, 2.45) is 0 Å². The van der Waals surface area contributed by atoms with Crippen molar-refractivity contribution in [3.05, 3.63) is 23.6 Å². The molecule has 0 bridgehead atoms. The Morgan fingerprint density at radius 2 is 1.79 bits per heavy atom. The SMILES string of the molecule is CC(C)(S)NC1=CC(=O)C(=O)C=C1O. The number of rotatable bonds is 2. The quantitative estimate of drug-likeness (QED) is 0.274. The molecule has 0 heterocycles. The Bertz CT molecular complexity index is 350. The third-order valence-electron chi connectivity index (χ3n) is 1.50. The lowest BCUT2D eigenvalue weighted by molar-refractivity contribution is -0.131. The molecule has 1 rings (SSSR count). The molecule has 0 fully saturated rings. The molecule has 0 saturated heterocycles. The Morgan fingerprint density at radius 3 is 2.29 bits per heavy atom. The van der Waals surface area contributed by atoms with Crippen LogP contribution in [0.25, 0.3) is 0 Å². The van der Waals surface area contributed by atoms with Crippen LogP contribution < -0.4 is 5.32 Å². The smallest absolute Gasteiger partial charge is 0.229 e. The van der Waals surface area contributed by atoms with E-state index >= 15 is 0 Å². The van der Waals surface area contributed by atoms with Crippen LogP contribution in [0.3, 0.4) is 0 Å². The van der Waals surface area contributed by atoms with Gasteiger partial charge < -0.3 is 10.4 Å². The fraction of sp³-hybridized carbons (Fsp3) is 0.333. The Morgan fingerprint density at radius 1 is 1.29 bits per heavy atom. The van der Waals surface area contributed by atoms with Gasteiger partial charge in [-0.25, -0.2) is 0 Å². The van der Waals surface area contributed by atoms with Gasteiger partial charge in [-0.15, -0.1) is 0 Å². The summed E-state index contributed by atoms with van der Waals surface area (Å²) in [6.45, 7) is 3.51. The Hall–Kier alpha value is -1.23. The first-order valence-corrected chi connectivity index (χ1v) is 4.46. The molecule has 4 nitrogen and oxygen atoms in total. The van der Waals surface area contributed by atoms with Crippen molar-refractivity contribution in [3.63, 3.8) is 0 Å². The number of aliphatic hydroxyl groups excluding tert-OH is 1. The number of carbonyl (C=O) groups is 2. The van der Waals surface area contributed by atoms with Gasteiger partial charge in [-0.05, 0) is 13.8 Å². The van der Waals surface area contributed by atoms with E-state index in [1.54, 1.807) is 13.8 Å². The first-order valence-electron chi connectivity index (χ1n) is 4.01. The summed E-state index contributed by atoms with van der Waals surface area (Å²) in [5, 5.41) is 12.1. The molecule has 0 saturated carbocycles. The van der Waals surface area contributed by atoms with Crippen molar-refractivity contribution in [1.29, 1.82) is 0 Å². The maximum Gasteiger partial charge on any atom is 0.229 e. The summed E-state index contributed by atoms with van der Waals surface area (Å²) in [6.07, 6.45) is 1.96. The van der Waals surface area contributed by atoms with Crippen LogP contribution >= 0.6 is 12.6 Å². The standard InChI is InChI=1S/C9H11NO3S/c1-9(2,14)10-5-3-7(12)8(13)4-6(5)11/h3-4,10-11,14H,1-2H3. The number of hydrogen-bond donors (Lipinski definition) is 3. The van der Waals surface area contributed by atoms with Crippen LogP contribution in [0.1, 0.15) is 13.8 Å². The van der Waals surface area contributed by atoms with Crippen LogP contribution in [0, 0.1) is 0 Å². The molecule has 2 N–H and O–H groups in total. The van der Waals surface area contributed by atoms with Gasteiger partial charge in [-0.3, -0.25) is 9.59 Å². The largest absolute Gasteiger partial charge is 0.506 e. The van der Waals surface area contributed by atoms with E-state index in [0.717, 1.165) is 12.2 Å². The van der Waals surface area contributed by atoms with Crippen molar-refractivity contribution in [2.75, 3.05) is 0 Å². The van der Waals surface area contributed by atoms with Crippen LogP contribution in [-0.2, 0) is 9.59 Å². The first kappa shape index (κ1) is 10.8. The molecule has 1 aliphatic rings. The summed E-state index contributed by atoms with van der Waals surface area (Å²) in [7, 11) is 0. The van der Waals surface area contributed by atoms with Crippen LogP contribution in [0.15, 0.2) is 23.6 Å². The molecular formula is C9H11NO3S. The average molecular weight is 213 g/mol. The van der Waals surface area contributed by atoms with Crippen molar-refractivity contribution >= 4 is 24.2 Å². The summed E-state index contributed by atoms with van der Waals surface area (Å²) in [5.41, 5.74) is 0.217. The van der Waals surface area contributed by atoms with Crippen LogP contribution in [0.2, 0.25) is 0 Å². The number of carbonyl (C=O) groups excluding carboxylic acids is 2. The molecule has 14 heavy (non-hydrogen) atoms. The highest BCUT2D eigenvalue weighted by Crippen LogP contribution is 2.16. The van der Waals surface area contributed by atoms with Crippen LogP contribution in [0.5, 0.6) is 0 Å². The number of nitrogens with one attached hydrogen (secondary N) is 1. The normalized spacial score (nSPS) is 17.6. The lowest BCUT2D eigenvalue weighted by Gasteiger charge is -2.23. The van der Waals surface area contributed by atoms with Gasteiger partial charge in [0.1, 0.15) is 5.76 Å². The fourth-order valence-electron chi connectivity index (χ4n) is 0.979. The number of allylic oxidation sites excluding steroid dienone is 2. The molecule has 0 radical (unpaired) electrons. The molecule has 0 aromatic carbocycles. The van der Waals surface area contributed by atoms with E-state index in [-0.39, 0.29) is 11.5 Å². The fourth-order valence-corrected chi connectivity index (χ4v) is 1.10. The van der Waals surface area contributed by atoms with Gasteiger partial charge in [0.25, 0.3) is 0 Å². The molecular weight excluding hydrogens is 202 g/mol. The molecule has 0 unspecified atom stereocenters. The average Bonchev–Trinajstić information content (AvgIpc) is 1.97. The number of ketones is 2. The summed E-state index contributed by atoms with van der Waals surface area (Å²) < 4.78 is 0. The molecule has 1 aliphatic carbocycles. The van der Waals surface area contributed by atoms with Crippen molar-refractivity contribution in [2.45, 2.75) is 18.7 Å². The Balaban J connectivity index is 2.91. The molecule has 0 aliphatic heterocycles. The van der Waals surface area contributed by atoms with Gasteiger partial charge >= 0.3 is 0 Å². The maximum atomic E-state index is 11.0. The van der Waals surface area contributed by atoms with E-state index < -0.39 is 16.4 Å². The molecule has 5 heteroatoms. The van der Waals surface area contributed by atoms with E-state index in [4.69, 9.17) is 0 Å². The second-order valence-electron chi connectivity index (χ2n) is 3.50. The monoisotopic (exact) mass is 213 g/mol. The highest BCUT2D eigenvalue weighted by molar-refractivity contribution is 7.81. The minimum Gasteiger partial charge on any atom is -0.506 e. The zero-order chi connectivity index (χ0) is 10.9. The van der Waals surface area contributed by atoms with E-state index in [2.05, 4.69) is 17.9 Å². The van der Waals surface area contributed by atoms with Crippen molar-refractivity contribution in [3.8, 4) is 0 Å². The minimum atomic E-state index is -0.718. The lowest BCUT2D eigenvalue weighted by Crippen LogP contribution is -2.35. The van der Waals surface area contributed by atoms with Gasteiger partial charge in [0.15, 0.2) is 0 Å². The number of thiol groups is 1. The lowest BCUT2D eigenvalue weighted by atomic mass is 10.1. The number of aliphatic hydroxyl groups is 1. The van der Waals surface area contributed by atoms with Gasteiger partial charge in [0.2, 0.25) is 11.6 Å². The van der Waals surface area contributed by atoms with Gasteiger partial charge in [0, 0.05) is 12.2 Å². The summed E-state index contributed by atoms with van der Waals surface area (Å²) in [4.78, 5) is 21.3. The Labute approximate surface area is 87.1 Å². The first-order chi connectivity index (χ1) is 6.29. The highest BCUT2D eigenvalue weighted by Gasteiger charge is 2.22. The molecule has 0 aromatic rings. The Kier molecular flexibility index (Phi) is 2.71. The second-order valence-corrected chi connectivity index (χ2v) is 4.62. The molecule has 76 valence electrons. The van der Waals surface area contributed by atoms with E-state index in [1.807, 2.05) is 0 Å². The minimum absolute atomic E-state index is 0.217. The molecule has 0 aromatic heterocycles. The predicted molar refractivity (Wildman–Crippen MR) is 55.0 cm³/mol. The van der Waals surface area contributed by atoms with E-state index in [1.165, 1.54) is 0 Å². The molecule has 0 atom stereocenters. The third kappa shape index (κ3) is 2.63. The zero-order valence-electron chi connectivity index (χ0n) is 7.87. The summed E-state index contributed by atoms with van der Waals surface area (Å²) in [5.74, 6) is -1.61.